The fourth-order valence-electron chi connectivity index (χ4n) is 2.45. The number of fused-ring (bicyclic) bond motifs is 1. The average molecular weight is 299 g/mol. The summed E-state index contributed by atoms with van der Waals surface area (Å²) in [4.78, 5) is 13.0. The number of benzene rings is 2. The summed E-state index contributed by atoms with van der Waals surface area (Å²) in [6.45, 7) is 0. The fourth-order valence-corrected chi connectivity index (χ4v) is 2.45. The van der Waals surface area contributed by atoms with Gasteiger partial charge in [-0.25, -0.2) is 9.97 Å². The van der Waals surface area contributed by atoms with Gasteiger partial charge in [0.15, 0.2) is 0 Å². The highest BCUT2D eigenvalue weighted by Crippen LogP contribution is 2.27. The van der Waals surface area contributed by atoms with Crippen LogP contribution in [0.3, 0.4) is 0 Å². The molecule has 23 heavy (non-hydrogen) atoms. The third-order valence-corrected chi connectivity index (χ3v) is 3.54. The van der Waals surface area contributed by atoms with Crippen molar-refractivity contribution < 1.29 is 4.74 Å². The highest BCUT2D eigenvalue weighted by Gasteiger charge is 2.06. The lowest BCUT2D eigenvalue weighted by molar-refractivity contribution is 0.442. The van der Waals surface area contributed by atoms with Gasteiger partial charge in [0.1, 0.15) is 5.75 Å². The van der Waals surface area contributed by atoms with Crippen molar-refractivity contribution in [2.24, 2.45) is 0 Å². The minimum atomic E-state index is 0.332. The monoisotopic (exact) mass is 299 g/mol. The van der Waals surface area contributed by atoms with Gasteiger partial charge in [0.2, 0.25) is 0 Å². The summed E-state index contributed by atoms with van der Waals surface area (Å²) in [7, 11) is 0. The topological polar surface area (TPSA) is 47.9 Å². The molecule has 0 saturated carbocycles. The summed E-state index contributed by atoms with van der Waals surface area (Å²) in [5.41, 5.74) is 2.94. The van der Waals surface area contributed by atoms with Gasteiger partial charge in [0.25, 0.3) is 0 Å². The van der Waals surface area contributed by atoms with Crippen LogP contribution in [0, 0.1) is 0 Å². The zero-order chi connectivity index (χ0) is 15.5. The molecule has 0 spiro atoms. The lowest BCUT2D eigenvalue weighted by Crippen LogP contribution is -1.92. The van der Waals surface area contributed by atoms with Gasteiger partial charge < -0.3 is 4.74 Å². The minimum Gasteiger partial charge on any atom is -0.424 e. The van der Waals surface area contributed by atoms with Crippen LogP contribution >= 0.6 is 0 Å². The molecule has 0 aliphatic heterocycles. The van der Waals surface area contributed by atoms with E-state index in [-0.39, 0.29) is 0 Å². The Morgan fingerprint density at radius 1 is 0.696 bits per heavy atom. The van der Waals surface area contributed by atoms with Gasteiger partial charge in [-0.05, 0) is 29.8 Å². The third-order valence-electron chi connectivity index (χ3n) is 3.54. The molecule has 0 unspecified atom stereocenters. The summed E-state index contributed by atoms with van der Waals surface area (Å²) in [6, 6.07) is 19.8. The van der Waals surface area contributed by atoms with Crippen LogP contribution in [0.2, 0.25) is 0 Å². The second-order valence-corrected chi connectivity index (χ2v) is 5.05. The molecule has 0 amide bonds. The van der Waals surface area contributed by atoms with Crippen LogP contribution < -0.4 is 4.74 Å². The molecule has 0 fully saturated rings. The van der Waals surface area contributed by atoms with Gasteiger partial charge >= 0.3 is 6.01 Å². The zero-order valence-electron chi connectivity index (χ0n) is 12.3. The Morgan fingerprint density at radius 3 is 2.26 bits per heavy atom. The smallest absolute Gasteiger partial charge is 0.321 e. The molecule has 2 aromatic heterocycles. The lowest BCUT2D eigenvalue weighted by atomic mass is 10.0. The molecule has 4 nitrogen and oxygen atoms in total. The Hall–Kier alpha value is -3.27. The van der Waals surface area contributed by atoms with Crippen molar-refractivity contribution in [2.45, 2.75) is 0 Å². The molecule has 4 heteroatoms. The molecule has 2 aromatic carbocycles. The molecule has 0 aliphatic carbocycles. The first-order chi connectivity index (χ1) is 11.4. The molecular weight excluding hydrogens is 286 g/mol. The van der Waals surface area contributed by atoms with Crippen molar-refractivity contribution in [3.8, 4) is 22.9 Å². The first-order valence-corrected chi connectivity index (χ1v) is 7.29. The van der Waals surface area contributed by atoms with Crippen molar-refractivity contribution in [1.29, 1.82) is 0 Å². The summed E-state index contributed by atoms with van der Waals surface area (Å²) >= 11 is 0. The average Bonchev–Trinajstić information content (AvgIpc) is 2.63. The Bertz CT molecular complexity index is 932. The van der Waals surface area contributed by atoms with E-state index in [1.165, 1.54) is 0 Å². The van der Waals surface area contributed by atoms with E-state index in [9.17, 15) is 0 Å². The number of ether oxygens (including phenoxy) is 1. The SMILES string of the molecule is c1ccc(Oc2ncc(-c3ccnc4ccccc34)cn2)cc1. The Kier molecular flexibility index (Phi) is 3.41. The molecule has 4 aromatic rings. The van der Waals surface area contributed by atoms with Crippen molar-refractivity contribution >= 4 is 10.9 Å². The molecule has 0 saturated heterocycles. The maximum atomic E-state index is 5.62. The summed E-state index contributed by atoms with van der Waals surface area (Å²) < 4.78 is 5.62. The predicted molar refractivity (Wildman–Crippen MR) is 89.3 cm³/mol. The maximum absolute atomic E-state index is 5.62. The van der Waals surface area contributed by atoms with Crippen LogP contribution in [0.25, 0.3) is 22.0 Å². The van der Waals surface area contributed by atoms with Crippen molar-refractivity contribution in [1.82, 2.24) is 15.0 Å². The van der Waals surface area contributed by atoms with E-state index < -0.39 is 0 Å². The second kappa shape index (κ2) is 5.85. The van der Waals surface area contributed by atoms with Gasteiger partial charge in [-0.3, -0.25) is 4.98 Å². The van der Waals surface area contributed by atoms with Gasteiger partial charge in [-0.15, -0.1) is 0 Å². The number of pyridine rings is 1. The standard InChI is InChI=1S/C19H13N3O/c1-2-6-15(7-3-1)23-19-21-12-14(13-22-19)16-10-11-20-18-9-5-4-8-17(16)18/h1-13H. The quantitative estimate of drug-likeness (QED) is 0.559. The van der Waals surface area contributed by atoms with Crippen LogP contribution in [0.15, 0.2) is 79.3 Å². The molecule has 4 rings (SSSR count). The molecule has 110 valence electrons. The van der Waals surface area contributed by atoms with Crippen molar-refractivity contribution in [2.75, 3.05) is 0 Å². The Balaban J connectivity index is 1.68. The van der Waals surface area contributed by atoms with Gasteiger partial charge in [-0.1, -0.05) is 36.4 Å². The maximum Gasteiger partial charge on any atom is 0.321 e. The summed E-state index contributed by atoms with van der Waals surface area (Å²) in [5, 5.41) is 1.08. The van der Waals surface area contributed by atoms with E-state index >= 15 is 0 Å². The normalized spacial score (nSPS) is 10.6. The van der Waals surface area contributed by atoms with E-state index in [2.05, 4.69) is 15.0 Å². The van der Waals surface area contributed by atoms with Crippen LogP contribution in [0.5, 0.6) is 11.8 Å². The third kappa shape index (κ3) is 2.74. The highest BCUT2D eigenvalue weighted by atomic mass is 16.5. The predicted octanol–water partition coefficient (Wildman–Crippen LogP) is 4.48. The summed E-state index contributed by atoms with van der Waals surface area (Å²) in [5.74, 6) is 0.717. The lowest BCUT2D eigenvalue weighted by Gasteiger charge is -2.07. The number of nitrogens with zero attached hydrogens (tertiary/aromatic N) is 3. The van der Waals surface area contributed by atoms with E-state index in [0.717, 1.165) is 27.8 Å². The largest absolute Gasteiger partial charge is 0.424 e. The zero-order valence-corrected chi connectivity index (χ0v) is 12.3. The number of hydrogen-bond donors (Lipinski definition) is 0. The molecule has 0 radical (unpaired) electrons. The molecule has 0 atom stereocenters. The van der Waals surface area contributed by atoms with Crippen molar-refractivity contribution in [3.63, 3.8) is 0 Å². The van der Waals surface area contributed by atoms with Gasteiger partial charge in [0, 0.05) is 29.5 Å². The van der Waals surface area contributed by atoms with E-state index in [0.29, 0.717) is 6.01 Å². The van der Waals surface area contributed by atoms with Crippen LogP contribution in [-0.2, 0) is 0 Å². The van der Waals surface area contributed by atoms with Gasteiger partial charge in [0.05, 0.1) is 5.52 Å². The first-order valence-electron chi connectivity index (χ1n) is 7.29. The van der Waals surface area contributed by atoms with Gasteiger partial charge in [-0.2, -0.15) is 0 Å². The molecule has 0 N–H and O–H groups in total. The van der Waals surface area contributed by atoms with Crippen molar-refractivity contribution in [3.05, 3.63) is 79.3 Å². The molecule has 0 bridgehead atoms. The van der Waals surface area contributed by atoms with Crippen LogP contribution in [-0.4, -0.2) is 15.0 Å². The minimum absolute atomic E-state index is 0.332. The Labute approximate surface area is 133 Å². The fraction of sp³-hybridized carbons (Fsp3) is 0. The van der Waals surface area contributed by atoms with Crippen LogP contribution in [0.4, 0.5) is 0 Å². The molecular formula is C19H13N3O. The molecule has 0 aliphatic rings. The second-order valence-electron chi connectivity index (χ2n) is 5.05. The van der Waals surface area contributed by atoms with E-state index in [1.54, 1.807) is 18.6 Å². The first kappa shape index (κ1) is 13.4. The van der Waals surface area contributed by atoms with E-state index in [1.807, 2.05) is 60.7 Å². The van der Waals surface area contributed by atoms with Crippen LogP contribution in [0.1, 0.15) is 0 Å². The summed E-state index contributed by atoms with van der Waals surface area (Å²) in [6.07, 6.45) is 5.34. The highest BCUT2D eigenvalue weighted by molar-refractivity contribution is 5.93. The number of rotatable bonds is 3. The number of aromatic nitrogens is 3. The molecule has 2 heterocycles. The Morgan fingerprint density at radius 2 is 1.43 bits per heavy atom. The number of hydrogen-bond acceptors (Lipinski definition) is 4. The van der Waals surface area contributed by atoms with E-state index in [4.69, 9.17) is 4.74 Å². The number of para-hydroxylation sites is 2.